The van der Waals surface area contributed by atoms with Gasteiger partial charge in [-0.3, -0.25) is 9.59 Å². The molecule has 0 spiro atoms. The number of hydrogen-bond donors (Lipinski definition) is 2. The number of nitrogens with two attached hydrogens (primary N) is 1. The van der Waals surface area contributed by atoms with E-state index in [4.69, 9.17) is 17.3 Å². The van der Waals surface area contributed by atoms with E-state index in [1.54, 1.807) is 12.1 Å². The molecular formula is C11H12ClN3O2. The minimum Gasteiger partial charge on any atom is -0.399 e. The number of carbonyl (C=O) groups is 2. The highest BCUT2D eigenvalue weighted by molar-refractivity contribution is 6.34. The molecule has 17 heavy (non-hydrogen) atoms. The van der Waals surface area contributed by atoms with Gasteiger partial charge in [0.05, 0.1) is 17.1 Å². The van der Waals surface area contributed by atoms with E-state index >= 15 is 0 Å². The van der Waals surface area contributed by atoms with Crippen molar-refractivity contribution in [1.29, 1.82) is 0 Å². The van der Waals surface area contributed by atoms with Gasteiger partial charge >= 0.3 is 0 Å². The Morgan fingerprint density at radius 2 is 2.24 bits per heavy atom. The van der Waals surface area contributed by atoms with Crippen LogP contribution in [0.3, 0.4) is 0 Å². The Morgan fingerprint density at radius 3 is 2.88 bits per heavy atom. The van der Waals surface area contributed by atoms with Crippen LogP contribution < -0.4 is 11.1 Å². The SMILES string of the molecule is Nc1ccc(C(=O)N2CCNC(=O)C2)c(Cl)c1. The minimum atomic E-state index is -0.246. The topological polar surface area (TPSA) is 75.4 Å². The molecule has 0 aromatic heterocycles. The summed E-state index contributed by atoms with van der Waals surface area (Å²) in [5.74, 6) is -0.402. The first-order valence-corrected chi connectivity index (χ1v) is 5.57. The molecule has 1 aliphatic heterocycles. The molecule has 0 radical (unpaired) electrons. The van der Waals surface area contributed by atoms with Gasteiger partial charge in [0.1, 0.15) is 0 Å². The third kappa shape index (κ3) is 2.50. The highest BCUT2D eigenvalue weighted by Crippen LogP contribution is 2.20. The van der Waals surface area contributed by atoms with Crippen molar-refractivity contribution in [2.24, 2.45) is 0 Å². The van der Waals surface area contributed by atoms with Crippen LogP contribution in [0.25, 0.3) is 0 Å². The van der Waals surface area contributed by atoms with Gasteiger partial charge in [-0.05, 0) is 18.2 Å². The van der Waals surface area contributed by atoms with Crippen molar-refractivity contribution in [1.82, 2.24) is 10.2 Å². The molecule has 1 fully saturated rings. The fourth-order valence-corrected chi connectivity index (χ4v) is 1.96. The van der Waals surface area contributed by atoms with Crippen LogP contribution in [-0.4, -0.2) is 36.3 Å². The number of nitrogens with one attached hydrogen (secondary N) is 1. The van der Waals surface area contributed by atoms with Crippen molar-refractivity contribution < 1.29 is 9.59 Å². The first-order valence-electron chi connectivity index (χ1n) is 5.19. The van der Waals surface area contributed by atoms with Crippen molar-refractivity contribution in [2.45, 2.75) is 0 Å². The summed E-state index contributed by atoms with van der Waals surface area (Å²) < 4.78 is 0. The molecule has 5 nitrogen and oxygen atoms in total. The average molecular weight is 254 g/mol. The molecule has 90 valence electrons. The Hall–Kier alpha value is -1.75. The highest BCUT2D eigenvalue weighted by Gasteiger charge is 2.23. The number of halogens is 1. The Morgan fingerprint density at radius 1 is 1.47 bits per heavy atom. The van der Waals surface area contributed by atoms with Crippen molar-refractivity contribution >= 4 is 29.1 Å². The molecule has 6 heteroatoms. The van der Waals surface area contributed by atoms with Crippen LogP contribution in [0, 0.1) is 0 Å². The number of amides is 2. The molecule has 1 heterocycles. The van der Waals surface area contributed by atoms with Gasteiger partial charge in [0.15, 0.2) is 0 Å². The first-order chi connectivity index (χ1) is 8.08. The smallest absolute Gasteiger partial charge is 0.255 e. The number of benzene rings is 1. The number of hydrogen-bond acceptors (Lipinski definition) is 3. The van der Waals surface area contributed by atoms with Crippen molar-refractivity contribution in [3.63, 3.8) is 0 Å². The molecular weight excluding hydrogens is 242 g/mol. The van der Waals surface area contributed by atoms with E-state index in [0.29, 0.717) is 29.4 Å². The summed E-state index contributed by atoms with van der Waals surface area (Å²) in [5.41, 5.74) is 6.43. The molecule has 0 bridgehead atoms. The Kier molecular flexibility index (Phi) is 3.19. The Bertz CT molecular complexity index is 476. The van der Waals surface area contributed by atoms with E-state index < -0.39 is 0 Å². The predicted molar refractivity (Wildman–Crippen MR) is 64.8 cm³/mol. The Balaban J connectivity index is 2.21. The molecule has 2 rings (SSSR count). The zero-order valence-electron chi connectivity index (χ0n) is 9.07. The standard InChI is InChI=1S/C11H12ClN3O2/c12-9-5-7(13)1-2-8(9)11(17)15-4-3-14-10(16)6-15/h1-2,5H,3-4,6,13H2,(H,14,16). The van der Waals surface area contributed by atoms with E-state index in [-0.39, 0.29) is 18.4 Å². The van der Waals surface area contributed by atoms with Gasteiger partial charge in [-0.2, -0.15) is 0 Å². The van der Waals surface area contributed by atoms with Gasteiger partial charge < -0.3 is 16.0 Å². The Labute approximate surface area is 104 Å². The largest absolute Gasteiger partial charge is 0.399 e. The zero-order valence-corrected chi connectivity index (χ0v) is 9.83. The van der Waals surface area contributed by atoms with Gasteiger partial charge in [-0.1, -0.05) is 11.6 Å². The van der Waals surface area contributed by atoms with Crippen LogP contribution in [-0.2, 0) is 4.79 Å². The molecule has 0 unspecified atom stereocenters. The van der Waals surface area contributed by atoms with E-state index in [9.17, 15) is 9.59 Å². The molecule has 1 aliphatic rings. The zero-order chi connectivity index (χ0) is 12.4. The summed E-state index contributed by atoms with van der Waals surface area (Å²) in [4.78, 5) is 24.8. The average Bonchev–Trinajstić information content (AvgIpc) is 2.28. The summed E-state index contributed by atoms with van der Waals surface area (Å²) in [6, 6.07) is 4.72. The molecule has 2 amide bonds. The maximum atomic E-state index is 12.1. The third-order valence-corrected chi connectivity index (χ3v) is 2.86. The molecule has 0 atom stereocenters. The molecule has 0 saturated carbocycles. The molecule has 0 aliphatic carbocycles. The summed E-state index contributed by atoms with van der Waals surface area (Å²) >= 11 is 5.95. The van der Waals surface area contributed by atoms with Crippen LogP contribution in [0.2, 0.25) is 5.02 Å². The quantitative estimate of drug-likeness (QED) is 0.716. The lowest BCUT2D eigenvalue weighted by Gasteiger charge is -2.27. The van der Waals surface area contributed by atoms with Gasteiger partial charge in [-0.15, -0.1) is 0 Å². The second kappa shape index (κ2) is 4.63. The lowest BCUT2D eigenvalue weighted by Crippen LogP contribution is -2.50. The lowest BCUT2D eigenvalue weighted by atomic mass is 10.1. The second-order valence-corrected chi connectivity index (χ2v) is 4.22. The van der Waals surface area contributed by atoms with Crippen molar-refractivity contribution in [3.8, 4) is 0 Å². The highest BCUT2D eigenvalue weighted by atomic mass is 35.5. The fraction of sp³-hybridized carbons (Fsp3) is 0.273. The summed E-state index contributed by atoms with van der Waals surface area (Å²) in [5, 5.41) is 2.96. The number of anilines is 1. The van der Waals surface area contributed by atoms with E-state index in [2.05, 4.69) is 5.32 Å². The van der Waals surface area contributed by atoms with E-state index in [0.717, 1.165) is 0 Å². The van der Waals surface area contributed by atoms with Gasteiger partial charge in [0, 0.05) is 18.8 Å². The summed E-state index contributed by atoms with van der Waals surface area (Å²) in [7, 11) is 0. The van der Waals surface area contributed by atoms with Gasteiger partial charge in [0.2, 0.25) is 5.91 Å². The van der Waals surface area contributed by atoms with Crippen LogP contribution >= 0.6 is 11.6 Å². The predicted octanol–water partition coefficient (Wildman–Crippen LogP) is 0.494. The van der Waals surface area contributed by atoms with Crippen molar-refractivity contribution in [2.75, 3.05) is 25.4 Å². The maximum Gasteiger partial charge on any atom is 0.255 e. The number of rotatable bonds is 1. The maximum absolute atomic E-state index is 12.1. The number of piperazine rings is 1. The summed E-state index contributed by atoms with van der Waals surface area (Å²) in [6.45, 7) is 1.03. The van der Waals surface area contributed by atoms with Crippen LogP contribution in [0.4, 0.5) is 5.69 Å². The van der Waals surface area contributed by atoms with E-state index in [1.165, 1.54) is 11.0 Å². The summed E-state index contributed by atoms with van der Waals surface area (Å²) in [6.07, 6.45) is 0. The first kappa shape index (κ1) is 11.7. The molecule has 1 aromatic carbocycles. The number of nitrogens with zero attached hydrogens (tertiary/aromatic N) is 1. The molecule has 3 N–H and O–H groups in total. The van der Waals surface area contributed by atoms with Gasteiger partial charge in [-0.25, -0.2) is 0 Å². The van der Waals surface area contributed by atoms with Gasteiger partial charge in [0.25, 0.3) is 5.91 Å². The van der Waals surface area contributed by atoms with Crippen LogP contribution in [0.5, 0.6) is 0 Å². The van der Waals surface area contributed by atoms with Crippen LogP contribution in [0.15, 0.2) is 18.2 Å². The fourth-order valence-electron chi connectivity index (χ4n) is 1.69. The van der Waals surface area contributed by atoms with E-state index in [1.807, 2.05) is 0 Å². The lowest BCUT2D eigenvalue weighted by molar-refractivity contribution is -0.123. The number of nitrogen functional groups attached to an aromatic ring is 1. The van der Waals surface area contributed by atoms with Crippen molar-refractivity contribution in [3.05, 3.63) is 28.8 Å². The third-order valence-electron chi connectivity index (χ3n) is 2.55. The minimum absolute atomic E-state index is 0.0690. The molecule has 1 saturated heterocycles. The second-order valence-electron chi connectivity index (χ2n) is 3.82. The van der Waals surface area contributed by atoms with Crippen LogP contribution in [0.1, 0.15) is 10.4 Å². The normalized spacial score (nSPS) is 15.6. The monoisotopic (exact) mass is 253 g/mol. The number of carbonyl (C=O) groups excluding carboxylic acids is 2. The molecule has 1 aromatic rings.